The van der Waals surface area contributed by atoms with Crippen LogP contribution in [0.4, 0.5) is 0 Å². The van der Waals surface area contributed by atoms with Crippen molar-refractivity contribution < 1.29 is 14.7 Å². The number of carboxylic acids is 1. The molecule has 0 radical (unpaired) electrons. The number of halogens is 2. The van der Waals surface area contributed by atoms with Crippen molar-refractivity contribution in [1.82, 2.24) is 4.90 Å². The van der Waals surface area contributed by atoms with Gasteiger partial charge < -0.3 is 10.0 Å². The van der Waals surface area contributed by atoms with Crippen LogP contribution in [0.1, 0.15) is 25.8 Å². The fourth-order valence-corrected chi connectivity index (χ4v) is 2.13. The molecule has 0 aliphatic heterocycles. The predicted octanol–water partition coefficient (Wildman–Crippen LogP) is 3.25. The van der Waals surface area contributed by atoms with Gasteiger partial charge >= 0.3 is 5.97 Å². The average molecular weight is 318 g/mol. The van der Waals surface area contributed by atoms with Crippen molar-refractivity contribution in [1.29, 1.82) is 0 Å². The minimum absolute atomic E-state index is 0.0513. The highest BCUT2D eigenvalue weighted by Gasteiger charge is 2.18. The number of carboxylic acid groups (broad SMARTS) is 1. The largest absolute Gasteiger partial charge is 0.481 e. The Morgan fingerprint density at radius 1 is 1.25 bits per heavy atom. The summed E-state index contributed by atoms with van der Waals surface area (Å²) in [6.07, 6.45) is 0.111. The number of rotatable bonds is 6. The molecule has 0 unspecified atom stereocenters. The first-order chi connectivity index (χ1) is 9.31. The molecular weight excluding hydrogens is 301 g/mol. The van der Waals surface area contributed by atoms with Gasteiger partial charge in [0.1, 0.15) is 0 Å². The summed E-state index contributed by atoms with van der Waals surface area (Å²) in [7, 11) is 0. The van der Waals surface area contributed by atoms with Crippen molar-refractivity contribution in [2.24, 2.45) is 0 Å². The van der Waals surface area contributed by atoms with E-state index >= 15 is 0 Å². The first kappa shape index (κ1) is 16.8. The summed E-state index contributed by atoms with van der Waals surface area (Å²) in [6.45, 7) is 3.91. The lowest BCUT2D eigenvalue weighted by Gasteiger charge is -2.26. The van der Waals surface area contributed by atoms with Gasteiger partial charge in [-0.3, -0.25) is 9.59 Å². The Hall–Kier alpha value is -1.26. The quantitative estimate of drug-likeness (QED) is 0.876. The second-order valence-corrected chi connectivity index (χ2v) is 5.56. The third kappa shape index (κ3) is 5.02. The summed E-state index contributed by atoms with van der Waals surface area (Å²) in [5.41, 5.74) is 0.755. The second kappa shape index (κ2) is 7.50. The molecule has 6 heteroatoms. The van der Waals surface area contributed by atoms with Gasteiger partial charge in [-0.05, 0) is 31.5 Å². The summed E-state index contributed by atoms with van der Waals surface area (Å²) in [5.74, 6) is -1.04. The zero-order valence-corrected chi connectivity index (χ0v) is 12.9. The van der Waals surface area contributed by atoms with E-state index in [1.54, 1.807) is 23.1 Å². The van der Waals surface area contributed by atoms with Gasteiger partial charge in [-0.15, -0.1) is 0 Å². The molecule has 1 amide bonds. The molecule has 0 heterocycles. The van der Waals surface area contributed by atoms with E-state index < -0.39 is 5.97 Å². The Kier molecular flexibility index (Phi) is 6.30. The van der Waals surface area contributed by atoms with E-state index in [9.17, 15) is 9.59 Å². The molecule has 0 spiro atoms. The van der Waals surface area contributed by atoms with Gasteiger partial charge in [0.05, 0.1) is 22.9 Å². The lowest BCUT2D eigenvalue weighted by Crippen LogP contribution is -2.39. The number of hydrogen-bond donors (Lipinski definition) is 1. The molecule has 4 nitrogen and oxygen atoms in total. The van der Waals surface area contributed by atoms with Crippen molar-refractivity contribution in [3.63, 3.8) is 0 Å². The van der Waals surface area contributed by atoms with Crippen LogP contribution in [0.3, 0.4) is 0 Å². The van der Waals surface area contributed by atoms with Crippen molar-refractivity contribution in [3.8, 4) is 0 Å². The average Bonchev–Trinajstić information content (AvgIpc) is 2.33. The lowest BCUT2D eigenvalue weighted by atomic mass is 10.1. The van der Waals surface area contributed by atoms with Crippen molar-refractivity contribution in [2.75, 3.05) is 6.54 Å². The fraction of sp³-hybridized carbons (Fsp3) is 0.429. The summed E-state index contributed by atoms with van der Waals surface area (Å²) < 4.78 is 0. The van der Waals surface area contributed by atoms with Crippen LogP contribution in [0.5, 0.6) is 0 Å². The first-order valence-electron chi connectivity index (χ1n) is 6.26. The number of amides is 1. The van der Waals surface area contributed by atoms with Crippen LogP contribution >= 0.6 is 23.2 Å². The van der Waals surface area contributed by atoms with E-state index in [2.05, 4.69) is 0 Å². The highest BCUT2D eigenvalue weighted by molar-refractivity contribution is 6.42. The molecule has 20 heavy (non-hydrogen) atoms. The monoisotopic (exact) mass is 317 g/mol. The summed E-state index contributed by atoms with van der Waals surface area (Å²) in [6, 6.07) is 4.98. The summed E-state index contributed by atoms with van der Waals surface area (Å²) in [5, 5.41) is 9.55. The van der Waals surface area contributed by atoms with Gasteiger partial charge in [-0.2, -0.15) is 0 Å². The number of carbonyl (C=O) groups is 2. The number of carbonyl (C=O) groups excluding carboxylic acids is 1. The maximum absolute atomic E-state index is 12.2. The first-order valence-corrected chi connectivity index (χ1v) is 7.02. The van der Waals surface area contributed by atoms with E-state index in [0.717, 1.165) is 5.56 Å². The van der Waals surface area contributed by atoms with Crippen molar-refractivity contribution in [3.05, 3.63) is 33.8 Å². The normalized spacial score (nSPS) is 10.7. The van der Waals surface area contributed by atoms with Crippen LogP contribution in [0, 0.1) is 0 Å². The second-order valence-electron chi connectivity index (χ2n) is 4.75. The highest BCUT2D eigenvalue weighted by atomic mass is 35.5. The molecule has 0 aromatic heterocycles. The van der Waals surface area contributed by atoms with Crippen LogP contribution in [-0.2, 0) is 16.0 Å². The Balaban J connectivity index is 2.74. The molecule has 0 atom stereocenters. The lowest BCUT2D eigenvalue weighted by molar-refractivity contribution is -0.139. The van der Waals surface area contributed by atoms with Gasteiger partial charge in [0.2, 0.25) is 5.91 Å². The zero-order chi connectivity index (χ0) is 15.3. The van der Waals surface area contributed by atoms with E-state index in [1.165, 1.54) is 0 Å². The third-order valence-corrected chi connectivity index (χ3v) is 3.59. The molecule has 0 fully saturated rings. The van der Waals surface area contributed by atoms with Gasteiger partial charge in [-0.25, -0.2) is 0 Å². The Morgan fingerprint density at radius 3 is 2.40 bits per heavy atom. The van der Waals surface area contributed by atoms with E-state index in [4.69, 9.17) is 28.3 Å². The molecule has 1 aromatic rings. The molecule has 0 aliphatic carbocycles. The van der Waals surface area contributed by atoms with E-state index in [0.29, 0.717) is 10.0 Å². The van der Waals surface area contributed by atoms with E-state index in [-0.39, 0.29) is 31.3 Å². The van der Waals surface area contributed by atoms with Crippen LogP contribution in [0.15, 0.2) is 18.2 Å². The number of nitrogens with zero attached hydrogens (tertiary/aromatic N) is 1. The molecule has 0 aliphatic rings. The molecule has 1 N–H and O–H groups in total. The van der Waals surface area contributed by atoms with Crippen molar-refractivity contribution >= 4 is 35.1 Å². The molecular formula is C14H17Cl2NO3. The molecule has 110 valence electrons. The molecule has 0 saturated heterocycles. The Labute approximate surface area is 128 Å². The summed E-state index contributed by atoms with van der Waals surface area (Å²) in [4.78, 5) is 24.4. The standard InChI is InChI=1S/C14H17Cl2NO3/c1-9(2)17(6-5-14(19)20)13(18)8-10-3-4-11(15)12(16)7-10/h3-4,7,9H,5-6,8H2,1-2H3,(H,19,20). The smallest absolute Gasteiger partial charge is 0.305 e. The van der Waals surface area contributed by atoms with Crippen LogP contribution in [0.2, 0.25) is 10.0 Å². The van der Waals surface area contributed by atoms with E-state index in [1.807, 2.05) is 13.8 Å². The Morgan fingerprint density at radius 2 is 1.90 bits per heavy atom. The minimum Gasteiger partial charge on any atom is -0.481 e. The maximum Gasteiger partial charge on any atom is 0.305 e. The predicted molar refractivity (Wildman–Crippen MR) is 79.3 cm³/mol. The fourth-order valence-electron chi connectivity index (χ4n) is 1.81. The topological polar surface area (TPSA) is 57.6 Å². The number of hydrogen-bond acceptors (Lipinski definition) is 2. The van der Waals surface area contributed by atoms with Gasteiger partial charge in [0, 0.05) is 12.6 Å². The van der Waals surface area contributed by atoms with Crippen LogP contribution in [-0.4, -0.2) is 34.5 Å². The van der Waals surface area contributed by atoms with Gasteiger partial charge in [-0.1, -0.05) is 29.3 Å². The highest BCUT2D eigenvalue weighted by Crippen LogP contribution is 2.23. The Bertz CT molecular complexity index is 503. The molecule has 1 rings (SSSR count). The third-order valence-electron chi connectivity index (χ3n) is 2.85. The zero-order valence-electron chi connectivity index (χ0n) is 11.4. The molecule has 0 saturated carbocycles. The number of benzene rings is 1. The van der Waals surface area contributed by atoms with Crippen LogP contribution < -0.4 is 0 Å². The van der Waals surface area contributed by atoms with Crippen molar-refractivity contribution in [2.45, 2.75) is 32.7 Å². The van der Waals surface area contributed by atoms with Crippen LogP contribution in [0.25, 0.3) is 0 Å². The minimum atomic E-state index is -0.919. The number of aliphatic carboxylic acids is 1. The molecule has 1 aromatic carbocycles. The van der Waals surface area contributed by atoms with Gasteiger partial charge in [0.15, 0.2) is 0 Å². The molecule has 0 bridgehead atoms. The van der Waals surface area contributed by atoms with Gasteiger partial charge in [0.25, 0.3) is 0 Å². The summed E-state index contributed by atoms with van der Waals surface area (Å²) >= 11 is 11.7. The maximum atomic E-state index is 12.2. The SMILES string of the molecule is CC(C)N(CCC(=O)O)C(=O)Cc1ccc(Cl)c(Cl)c1.